The van der Waals surface area contributed by atoms with Gasteiger partial charge < -0.3 is 5.32 Å². The summed E-state index contributed by atoms with van der Waals surface area (Å²) in [5, 5.41) is 3.87. The topological polar surface area (TPSA) is 49.1 Å². The summed E-state index contributed by atoms with van der Waals surface area (Å²) in [6, 6.07) is 0. The second kappa shape index (κ2) is 11.7. The molecule has 0 saturated carbocycles. The van der Waals surface area contributed by atoms with Crippen molar-refractivity contribution < 1.29 is 0 Å². The molecule has 5 aliphatic rings. The Kier molecular flexibility index (Phi) is 8.26. The standard InChI is InChI=1S/C36H46N4/c1-21(2)17-25-29-9-11-31(37-29)26(18-22(3)4)33-13-15-35(39-33)28(20-24(7)8)36-16-14-34(40-36)27(19-23(5)6)32-12-10-30(25)38-32/h9-15,21-24,40H,16-20H2,1-8H3. The monoisotopic (exact) mass is 534 g/mol. The van der Waals surface area contributed by atoms with Gasteiger partial charge in [-0.15, -0.1) is 0 Å². The molecule has 0 atom stereocenters. The van der Waals surface area contributed by atoms with Gasteiger partial charge in [0.1, 0.15) is 0 Å². The molecule has 40 heavy (non-hydrogen) atoms. The molecular weight excluding hydrogens is 488 g/mol. The number of hydrogen-bond donors (Lipinski definition) is 1. The van der Waals surface area contributed by atoms with Crippen molar-refractivity contribution in [1.82, 2.24) is 5.32 Å². The van der Waals surface area contributed by atoms with Gasteiger partial charge in [-0.05, 0) is 91.4 Å². The van der Waals surface area contributed by atoms with E-state index in [1.165, 1.54) is 33.7 Å². The first kappa shape index (κ1) is 28.3. The van der Waals surface area contributed by atoms with E-state index in [-0.39, 0.29) is 0 Å². The average Bonchev–Trinajstić information content (AvgIpc) is 3.69. The highest BCUT2D eigenvalue weighted by molar-refractivity contribution is 6.17. The summed E-state index contributed by atoms with van der Waals surface area (Å²) >= 11 is 0. The van der Waals surface area contributed by atoms with Crippen molar-refractivity contribution in [2.45, 2.75) is 87.5 Å². The Morgan fingerprint density at radius 3 is 1.35 bits per heavy atom. The van der Waals surface area contributed by atoms with Crippen LogP contribution in [-0.2, 0) is 0 Å². The second-order valence-electron chi connectivity index (χ2n) is 13.4. The Bertz CT molecular complexity index is 1420. The lowest BCUT2D eigenvalue weighted by atomic mass is 9.96. The van der Waals surface area contributed by atoms with Gasteiger partial charge >= 0.3 is 0 Å². The maximum absolute atomic E-state index is 5.28. The molecule has 0 saturated heterocycles. The Morgan fingerprint density at radius 1 is 0.525 bits per heavy atom. The van der Waals surface area contributed by atoms with Gasteiger partial charge in [0.05, 0.1) is 34.2 Å². The zero-order chi connectivity index (χ0) is 28.6. The van der Waals surface area contributed by atoms with Crippen LogP contribution in [-0.4, -0.2) is 17.1 Å². The van der Waals surface area contributed by atoms with Gasteiger partial charge in [-0.2, -0.15) is 0 Å². The highest BCUT2D eigenvalue weighted by atomic mass is 14.9. The van der Waals surface area contributed by atoms with Crippen LogP contribution in [0.15, 0.2) is 108 Å². The number of nitrogens with zero attached hydrogens (tertiary/aromatic N) is 3. The molecule has 0 aromatic rings. The van der Waals surface area contributed by atoms with Crippen molar-refractivity contribution in [3.05, 3.63) is 93.3 Å². The largest absolute Gasteiger partial charge is 0.358 e. The normalized spacial score (nSPS) is 20.3. The molecule has 0 aromatic carbocycles. The predicted octanol–water partition coefficient (Wildman–Crippen LogP) is 9.11. The van der Waals surface area contributed by atoms with Crippen molar-refractivity contribution >= 4 is 17.1 Å². The molecule has 5 aliphatic heterocycles. The van der Waals surface area contributed by atoms with E-state index in [0.29, 0.717) is 23.7 Å². The molecule has 0 radical (unpaired) electrons. The van der Waals surface area contributed by atoms with Gasteiger partial charge in [-0.25, -0.2) is 15.0 Å². The van der Waals surface area contributed by atoms with Crippen LogP contribution >= 0.6 is 0 Å². The van der Waals surface area contributed by atoms with Crippen LogP contribution in [0.4, 0.5) is 0 Å². The smallest absolute Gasteiger partial charge is 0.0691 e. The Labute approximate surface area is 241 Å². The Hall–Kier alpha value is -3.27. The third-order valence-corrected chi connectivity index (χ3v) is 7.71. The first-order valence-electron chi connectivity index (χ1n) is 15.3. The molecular formula is C36H46N4. The van der Waals surface area contributed by atoms with Gasteiger partial charge in [0, 0.05) is 34.5 Å². The van der Waals surface area contributed by atoms with Gasteiger partial charge in [-0.1, -0.05) is 61.5 Å². The fraction of sp³-hybridized carbons (Fsp3) is 0.472. The Balaban J connectivity index is 1.76. The number of aliphatic imine (C=N–C) groups is 3. The molecule has 210 valence electrons. The van der Waals surface area contributed by atoms with Crippen LogP contribution in [0.25, 0.3) is 0 Å². The quantitative estimate of drug-likeness (QED) is 0.332. The van der Waals surface area contributed by atoms with E-state index in [4.69, 9.17) is 15.0 Å². The van der Waals surface area contributed by atoms with E-state index in [1.54, 1.807) is 0 Å². The maximum atomic E-state index is 5.28. The van der Waals surface area contributed by atoms with Gasteiger partial charge in [0.2, 0.25) is 0 Å². The molecule has 8 bridgehead atoms. The zero-order valence-electron chi connectivity index (χ0n) is 25.7. The van der Waals surface area contributed by atoms with Crippen molar-refractivity contribution in [3.8, 4) is 0 Å². The number of hydrogen-bond acceptors (Lipinski definition) is 4. The third kappa shape index (κ3) is 6.06. The highest BCUT2D eigenvalue weighted by Crippen LogP contribution is 2.36. The van der Waals surface area contributed by atoms with Crippen molar-refractivity contribution in [2.75, 3.05) is 0 Å². The number of rotatable bonds is 8. The van der Waals surface area contributed by atoms with Crippen LogP contribution in [0.5, 0.6) is 0 Å². The maximum Gasteiger partial charge on any atom is 0.0691 e. The summed E-state index contributed by atoms with van der Waals surface area (Å²) in [7, 11) is 0. The summed E-state index contributed by atoms with van der Waals surface area (Å²) in [5.74, 6) is 2.07. The van der Waals surface area contributed by atoms with E-state index in [1.807, 2.05) is 0 Å². The van der Waals surface area contributed by atoms with E-state index in [2.05, 4.69) is 103 Å². The van der Waals surface area contributed by atoms with Gasteiger partial charge in [-0.3, -0.25) is 0 Å². The van der Waals surface area contributed by atoms with Crippen molar-refractivity contribution in [3.63, 3.8) is 0 Å². The number of nitrogens with one attached hydrogen (secondary N) is 1. The van der Waals surface area contributed by atoms with Gasteiger partial charge in [0.15, 0.2) is 0 Å². The Morgan fingerprint density at radius 2 is 0.900 bits per heavy atom. The zero-order valence-corrected chi connectivity index (χ0v) is 25.7. The van der Waals surface area contributed by atoms with Crippen LogP contribution in [0, 0.1) is 23.7 Å². The molecule has 0 amide bonds. The number of allylic oxidation sites excluding steroid dienone is 11. The first-order chi connectivity index (χ1) is 19.1. The highest BCUT2D eigenvalue weighted by Gasteiger charge is 2.27. The molecule has 0 aliphatic carbocycles. The van der Waals surface area contributed by atoms with Crippen molar-refractivity contribution in [1.29, 1.82) is 0 Å². The lowest BCUT2D eigenvalue weighted by Gasteiger charge is -2.18. The van der Waals surface area contributed by atoms with Crippen LogP contribution in [0.1, 0.15) is 87.5 Å². The van der Waals surface area contributed by atoms with Crippen LogP contribution in [0.3, 0.4) is 0 Å². The molecule has 0 spiro atoms. The van der Waals surface area contributed by atoms with E-state index < -0.39 is 0 Å². The lowest BCUT2D eigenvalue weighted by molar-refractivity contribution is 0.636. The van der Waals surface area contributed by atoms with Crippen LogP contribution in [0.2, 0.25) is 0 Å². The molecule has 4 nitrogen and oxygen atoms in total. The van der Waals surface area contributed by atoms with Crippen LogP contribution < -0.4 is 5.32 Å². The van der Waals surface area contributed by atoms with E-state index in [0.717, 1.165) is 66.3 Å². The first-order valence-corrected chi connectivity index (χ1v) is 15.3. The van der Waals surface area contributed by atoms with E-state index in [9.17, 15) is 0 Å². The average molecular weight is 535 g/mol. The van der Waals surface area contributed by atoms with Crippen molar-refractivity contribution in [2.24, 2.45) is 38.6 Å². The predicted molar refractivity (Wildman–Crippen MR) is 171 cm³/mol. The summed E-state index contributed by atoms with van der Waals surface area (Å²) in [4.78, 5) is 15.8. The number of fused-ring (bicyclic) bond motifs is 5. The second-order valence-corrected chi connectivity index (χ2v) is 13.4. The molecule has 5 rings (SSSR count). The molecule has 4 heteroatoms. The minimum atomic E-state index is 0.504. The molecule has 0 fully saturated rings. The molecule has 0 unspecified atom stereocenters. The minimum absolute atomic E-state index is 0.504. The minimum Gasteiger partial charge on any atom is -0.358 e. The molecule has 0 aromatic heterocycles. The van der Waals surface area contributed by atoms with Gasteiger partial charge in [0.25, 0.3) is 0 Å². The fourth-order valence-corrected chi connectivity index (χ4v) is 6.01. The van der Waals surface area contributed by atoms with E-state index >= 15 is 0 Å². The fourth-order valence-electron chi connectivity index (χ4n) is 6.01. The summed E-state index contributed by atoms with van der Waals surface area (Å²) in [5.41, 5.74) is 13.9. The molecule has 5 heterocycles. The summed E-state index contributed by atoms with van der Waals surface area (Å²) in [6.07, 6.45) is 20.4. The summed E-state index contributed by atoms with van der Waals surface area (Å²) in [6.45, 7) is 18.3. The molecule has 1 N–H and O–H groups in total. The summed E-state index contributed by atoms with van der Waals surface area (Å²) < 4.78 is 0. The lowest BCUT2D eigenvalue weighted by Crippen LogP contribution is -2.16. The third-order valence-electron chi connectivity index (χ3n) is 7.71. The SMILES string of the molecule is CC(C)CC1=C2C=CC(=N2)C(CC(C)C)=C2C=CC(=N2)C(CC(C)C)=C2C=CC(=N2)C(CC(C)C)=C2CC=C1N2.